The zero-order valence-electron chi connectivity index (χ0n) is 48.5. The van der Waals surface area contributed by atoms with E-state index in [1.54, 1.807) is 0 Å². The van der Waals surface area contributed by atoms with Crippen molar-refractivity contribution in [2.45, 2.75) is 354 Å². The predicted octanol–water partition coefficient (Wildman–Crippen LogP) is 21.6. The van der Waals surface area contributed by atoms with Crippen molar-refractivity contribution >= 4 is 17.9 Å². The highest BCUT2D eigenvalue weighted by Crippen LogP contribution is 2.17. The lowest BCUT2D eigenvalue weighted by molar-refractivity contribution is -0.167. The molecule has 0 saturated carbocycles. The van der Waals surface area contributed by atoms with E-state index in [1.165, 1.54) is 244 Å². The van der Waals surface area contributed by atoms with Gasteiger partial charge in [-0.3, -0.25) is 14.4 Å². The number of hydrogen-bond acceptors (Lipinski definition) is 6. The van der Waals surface area contributed by atoms with Crippen LogP contribution in [-0.2, 0) is 28.6 Å². The van der Waals surface area contributed by atoms with E-state index in [1.807, 2.05) is 0 Å². The molecule has 422 valence electrons. The molecular weight excluding hydrogens is 889 g/mol. The Bertz CT molecular complexity index is 1210. The Morgan fingerprint density at radius 3 is 0.778 bits per heavy atom. The summed E-state index contributed by atoms with van der Waals surface area (Å²) in [7, 11) is 0. The maximum Gasteiger partial charge on any atom is 0.306 e. The summed E-state index contributed by atoms with van der Waals surface area (Å²) in [6.45, 7) is 6.67. The van der Waals surface area contributed by atoms with E-state index >= 15 is 0 Å². The molecule has 0 amide bonds. The molecule has 0 fully saturated rings. The van der Waals surface area contributed by atoms with Crippen LogP contribution in [0.1, 0.15) is 348 Å². The Hall–Kier alpha value is -2.37. The molecule has 0 aliphatic heterocycles. The minimum absolute atomic E-state index is 0.0694. The van der Waals surface area contributed by atoms with Gasteiger partial charge in [0.15, 0.2) is 6.10 Å². The molecule has 0 bridgehead atoms. The van der Waals surface area contributed by atoms with Crippen LogP contribution in [0.5, 0.6) is 0 Å². The van der Waals surface area contributed by atoms with E-state index < -0.39 is 6.10 Å². The molecule has 0 aromatic carbocycles. The molecule has 6 heteroatoms. The van der Waals surface area contributed by atoms with Gasteiger partial charge in [-0.1, -0.05) is 288 Å². The van der Waals surface area contributed by atoms with Crippen LogP contribution >= 0.6 is 0 Å². The molecule has 1 atom stereocenters. The van der Waals surface area contributed by atoms with Crippen molar-refractivity contribution in [3.05, 3.63) is 36.5 Å². The molecule has 0 N–H and O–H groups in total. The van der Waals surface area contributed by atoms with Gasteiger partial charge in [-0.2, -0.15) is 0 Å². The fourth-order valence-corrected chi connectivity index (χ4v) is 9.53. The molecule has 0 radical (unpaired) electrons. The quantitative estimate of drug-likeness (QED) is 0.0261. The summed E-state index contributed by atoms with van der Waals surface area (Å²) >= 11 is 0. The summed E-state index contributed by atoms with van der Waals surface area (Å²) in [6, 6.07) is 0. The summed E-state index contributed by atoms with van der Waals surface area (Å²) in [5, 5.41) is 0. The molecule has 72 heavy (non-hydrogen) atoms. The Balaban J connectivity index is 4.22. The van der Waals surface area contributed by atoms with Crippen LogP contribution in [0.4, 0.5) is 0 Å². The van der Waals surface area contributed by atoms with Gasteiger partial charge >= 0.3 is 17.9 Å². The Morgan fingerprint density at radius 2 is 0.500 bits per heavy atom. The summed E-state index contributed by atoms with van der Waals surface area (Å²) < 4.78 is 16.9. The van der Waals surface area contributed by atoms with Crippen LogP contribution in [0.3, 0.4) is 0 Å². The summed E-state index contributed by atoms with van der Waals surface area (Å²) in [4.78, 5) is 38.2. The second-order valence-electron chi connectivity index (χ2n) is 21.7. The third-order valence-corrected chi connectivity index (χ3v) is 14.4. The minimum atomic E-state index is -0.771. The van der Waals surface area contributed by atoms with E-state index in [2.05, 4.69) is 57.2 Å². The number of allylic oxidation sites excluding steroid dienone is 6. The number of carbonyl (C=O) groups is 3. The molecule has 0 spiro atoms. The smallest absolute Gasteiger partial charge is 0.306 e. The fraction of sp³-hybridized carbons (Fsp3) is 0.864. The van der Waals surface area contributed by atoms with Gasteiger partial charge < -0.3 is 14.2 Å². The first-order chi connectivity index (χ1) is 35.5. The lowest BCUT2D eigenvalue weighted by atomic mass is 10.0. The lowest BCUT2D eigenvalue weighted by Crippen LogP contribution is -2.30. The van der Waals surface area contributed by atoms with Gasteiger partial charge in [0, 0.05) is 19.3 Å². The topological polar surface area (TPSA) is 78.9 Å². The van der Waals surface area contributed by atoms with Crippen molar-refractivity contribution in [1.82, 2.24) is 0 Å². The summed E-state index contributed by atoms with van der Waals surface area (Å²) in [6.07, 6.45) is 74.4. The van der Waals surface area contributed by atoms with Crippen molar-refractivity contribution in [1.29, 1.82) is 0 Å². The third kappa shape index (κ3) is 58.5. The van der Waals surface area contributed by atoms with Crippen LogP contribution in [0, 0.1) is 0 Å². The number of ether oxygens (including phenoxy) is 3. The first-order valence-electron chi connectivity index (χ1n) is 32.0. The maximum atomic E-state index is 12.9. The number of unbranched alkanes of at least 4 members (excludes halogenated alkanes) is 42. The zero-order chi connectivity index (χ0) is 52.2. The highest BCUT2D eigenvalue weighted by Gasteiger charge is 2.19. The second kappa shape index (κ2) is 61.2. The fourth-order valence-electron chi connectivity index (χ4n) is 9.53. The number of carbonyl (C=O) groups excluding carboxylic acids is 3. The average molecular weight is 1010 g/mol. The van der Waals surface area contributed by atoms with E-state index in [9.17, 15) is 14.4 Å². The number of esters is 3. The standard InChI is InChI=1S/C66H122O6/c1-4-7-10-13-16-19-22-24-26-28-30-32-33-35-36-38-40-42-44-47-50-53-56-59-65(68)71-62-63(61-70-64(67)58-55-52-49-46-21-18-15-12-9-6-3)72-66(69)60-57-54-51-48-45-43-41-39-37-34-31-29-27-25-23-20-17-14-11-8-5-2/h22,24,28-31,63H,4-21,23,25-27,32-62H2,1-3H3/b24-22-,30-28-,31-29-. The SMILES string of the molecule is CCCCCCC/C=C\C/C=C\CCCCCCCCCCCCCC(=O)OCC(COC(=O)CCCCCCCCCCCC)OC(=O)CCCCCCCCCCC/C=C\CCCCCCCCCC. The van der Waals surface area contributed by atoms with Crippen molar-refractivity contribution in [2.24, 2.45) is 0 Å². The number of rotatable bonds is 59. The summed E-state index contributed by atoms with van der Waals surface area (Å²) in [5.74, 6) is -0.854. The van der Waals surface area contributed by atoms with E-state index in [-0.39, 0.29) is 31.1 Å². The molecule has 6 nitrogen and oxygen atoms in total. The highest BCUT2D eigenvalue weighted by molar-refractivity contribution is 5.71. The first kappa shape index (κ1) is 69.6. The monoisotopic (exact) mass is 1010 g/mol. The van der Waals surface area contributed by atoms with Crippen LogP contribution < -0.4 is 0 Å². The molecule has 0 aliphatic carbocycles. The zero-order valence-corrected chi connectivity index (χ0v) is 48.5. The average Bonchev–Trinajstić information content (AvgIpc) is 3.38. The van der Waals surface area contributed by atoms with Crippen LogP contribution in [0.15, 0.2) is 36.5 Å². The van der Waals surface area contributed by atoms with Gasteiger partial charge in [0.2, 0.25) is 0 Å². The van der Waals surface area contributed by atoms with Crippen LogP contribution in [0.25, 0.3) is 0 Å². The first-order valence-corrected chi connectivity index (χ1v) is 32.0. The predicted molar refractivity (Wildman–Crippen MR) is 312 cm³/mol. The van der Waals surface area contributed by atoms with E-state index in [0.717, 1.165) is 64.2 Å². The maximum absolute atomic E-state index is 12.9. The van der Waals surface area contributed by atoms with Gasteiger partial charge in [-0.15, -0.1) is 0 Å². The summed E-state index contributed by atoms with van der Waals surface area (Å²) in [5.41, 5.74) is 0. The van der Waals surface area contributed by atoms with E-state index in [4.69, 9.17) is 14.2 Å². The van der Waals surface area contributed by atoms with Crippen molar-refractivity contribution in [2.75, 3.05) is 13.2 Å². The normalized spacial score (nSPS) is 12.2. The third-order valence-electron chi connectivity index (χ3n) is 14.4. The molecule has 1 unspecified atom stereocenters. The number of hydrogen-bond donors (Lipinski definition) is 0. The molecule has 0 heterocycles. The Kier molecular flexibility index (Phi) is 59.2. The Morgan fingerprint density at radius 1 is 0.278 bits per heavy atom. The van der Waals surface area contributed by atoms with Gasteiger partial charge in [0.1, 0.15) is 13.2 Å². The Labute approximate surface area is 448 Å². The molecule has 0 aliphatic rings. The highest BCUT2D eigenvalue weighted by atomic mass is 16.6. The second-order valence-corrected chi connectivity index (χ2v) is 21.7. The van der Waals surface area contributed by atoms with Gasteiger partial charge in [-0.25, -0.2) is 0 Å². The van der Waals surface area contributed by atoms with Gasteiger partial charge in [-0.05, 0) is 77.0 Å². The molecule has 0 aromatic rings. The van der Waals surface area contributed by atoms with Crippen molar-refractivity contribution < 1.29 is 28.6 Å². The van der Waals surface area contributed by atoms with Gasteiger partial charge in [0.05, 0.1) is 0 Å². The lowest BCUT2D eigenvalue weighted by Gasteiger charge is -2.18. The molecule has 0 saturated heterocycles. The van der Waals surface area contributed by atoms with Crippen LogP contribution in [-0.4, -0.2) is 37.2 Å². The minimum Gasteiger partial charge on any atom is -0.462 e. The molecule has 0 rings (SSSR count). The van der Waals surface area contributed by atoms with Crippen molar-refractivity contribution in [3.63, 3.8) is 0 Å². The largest absolute Gasteiger partial charge is 0.462 e. The van der Waals surface area contributed by atoms with Gasteiger partial charge in [0.25, 0.3) is 0 Å². The van der Waals surface area contributed by atoms with Crippen molar-refractivity contribution in [3.8, 4) is 0 Å². The molecule has 0 aromatic heterocycles. The van der Waals surface area contributed by atoms with Crippen LogP contribution in [0.2, 0.25) is 0 Å². The molecular formula is C66H122O6. The van der Waals surface area contributed by atoms with E-state index in [0.29, 0.717) is 19.3 Å².